The second-order valence-corrected chi connectivity index (χ2v) is 11.6. The quantitative estimate of drug-likeness (QED) is 0.238. The lowest BCUT2D eigenvalue weighted by atomic mass is 9.82. The van der Waals surface area contributed by atoms with E-state index in [1.54, 1.807) is 22.7 Å². The zero-order valence-corrected chi connectivity index (χ0v) is 20.9. The van der Waals surface area contributed by atoms with Crippen molar-refractivity contribution in [1.82, 2.24) is 5.32 Å². The van der Waals surface area contributed by atoms with Crippen molar-refractivity contribution >= 4 is 44.6 Å². The van der Waals surface area contributed by atoms with Gasteiger partial charge in [0, 0.05) is 39.2 Å². The number of unbranched alkanes of at least 4 members (excludes halogenated alkanes) is 1. The van der Waals surface area contributed by atoms with Gasteiger partial charge in [-0.2, -0.15) is 0 Å². The van der Waals surface area contributed by atoms with Gasteiger partial charge in [0.1, 0.15) is 0 Å². The Labute approximate surface area is 208 Å². The number of rotatable bonds is 10. The number of carbonyl (C=O) groups is 2. The molecule has 2 aromatic heterocycles. The number of benzene rings is 1. The third-order valence-corrected chi connectivity index (χ3v) is 9.54. The van der Waals surface area contributed by atoms with Gasteiger partial charge in [0.2, 0.25) is 0 Å². The number of fused-ring (bicyclic) bond motifs is 3. The first kappa shape index (κ1) is 23.3. The maximum absolute atomic E-state index is 13.4. The van der Waals surface area contributed by atoms with E-state index in [0.717, 1.165) is 30.2 Å². The highest BCUT2D eigenvalue weighted by molar-refractivity contribution is 7.17. The molecule has 34 heavy (non-hydrogen) atoms. The van der Waals surface area contributed by atoms with Gasteiger partial charge in [0.05, 0.1) is 5.56 Å². The Hall–Kier alpha value is -2.44. The highest BCUT2D eigenvalue weighted by Gasteiger charge is 2.47. The van der Waals surface area contributed by atoms with E-state index in [9.17, 15) is 9.59 Å². The van der Waals surface area contributed by atoms with Crippen molar-refractivity contribution in [3.05, 3.63) is 69.2 Å². The molecule has 5 rings (SSSR count). The summed E-state index contributed by atoms with van der Waals surface area (Å²) in [6.45, 7) is 0. The first-order valence-corrected chi connectivity index (χ1v) is 14.0. The monoisotopic (exact) mass is 493 g/mol. The fourth-order valence-electron chi connectivity index (χ4n) is 5.98. The summed E-state index contributed by atoms with van der Waals surface area (Å²) in [7, 11) is 0. The molecule has 6 heteroatoms. The van der Waals surface area contributed by atoms with Crippen molar-refractivity contribution < 1.29 is 14.7 Å². The molecule has 4 atom stereocenters. The van der Waals surface area contributed by atoms with Crippen LogP contribution in [-0.2, 0) is 11.2 Å². The zero-order valence-electron chi connectivity index (χ0n) is 19.2. The predicted molar refractivity (Wildman–Crippen MR) is 140 cm³/mol. The fourth-order valence-corrected chi connectivity index (χ4v) is 7.77. The molecule has 0 spiro atoms. The average molecular weight is 494 g/mol. The van der Waals surface area contributed by atoms with E-state index in [-0.39, 0.29) is 18.4 Å². The molecule has 1 aromatic carbocycles. The van der Waals surface area contributed by atoms with Crippen LogP contribution in [0.25, 0.3) is 10.1 Å². The third kappa shape index (κ3) is 4.98. The lowest BCUT2D eigenvalue weighted by Crippen LogP contribution is -2.43. The first-order valence-electron chi connectivity index (χ1n) is 12.3. The molecular formula is C28H31NO3S2. The molecule has 2 heterocycles. The molecule has 2 aliphatic carbocycles. The molecule has 0 radical (unpaired) electrons. The van der Waals surface area contributed by atoms with E-state index in [1.807, 2.05) is 5.38 Å². The summed E-state index contributed by atoms with van der Waals surface area (Å²) in [5, 5.41) is 17.4. The summed E-state index contributed by atoms with van der Waals surface area (Å²) >= 11 is 3.45. The average Bonchev–Trinajstić information content (AvgIpc) is 3.61. The molecule has 2 saturated carbocycles. The van der Waals surface area contributed by atoms with Crippen LogP contribution in [0.4, 0.5) is 0 Å². The molecule has 1 amide bonds. The number of nitrogens with one attached hydrogen (secondary N) is 1. The van der Waals surface area contributed by atoms with Crippen LogP contribution in [0.3, 0.4) is 0 Å². The molecule has 0 saturated heterocycles. The van der Waals surface area contributed by atoms with Crippen molar-refractivity contribution in [3.63, 3.8) is 0 Å². The lowest BCUT2D eigenvalue weighted by Gasteiger charge is -2.31. The topological polar surface area (TPSA) is 66.4 Å². The van der Waals surface area contributed by atoms with Gasteiger partial charge >= 0.3 is 5.97 Å². The summed E-state index contributed by atoms with van der Waals surface area (Å²) in [5.74, 6) is 1.09. The number of carboxylic acid groups (broad SMARTS) is 1. The van der Waals surface area contributed by atoms with Gasteiger partial charge in [0.25, 0.3) is 5.91 Å². The van der Waals surface area contributed by atoms with Crippen LogP contribution in [0.1, 0.15) is 65.7 Å². The number of allylic oxidation sites excluding steroid dienone is 2. The highest BCUT2D eigenvalue weighted by atomic mass is 32.1. The molecule has 3 aromatic rings. The fraction of sp³-hybridized carbons (Fsp3) is 0.429. The van der Waals surface area contributed by atoms with Crippen molar-refractivity contribution in [2.45, 2.75) is 57.4 Å². The minimum absolute atomic E-state index is 0.0625. The Morgan fingerprint density at radius 1 is 1.09 bits per heavy atom. The molecular weight excluding hydrogens is 462 g/mol. The van der Waals surface area contributed by atoms with E-state index in [0.29, 0.717) is 24.2 Å². The van der Waals surface area contributed by atoms with Crippen molar-refractivity contribution in [1.29, 1.82) is 0 Å². The Bertz CT molecular complexity index is 1180. The summed E-state index contributed by atoms with van der Waals surface area (Å²) in [6, 6.07) is 10.8. The molecule has 0 aliphatic heterocycles. The number of thiophene rings is 2. The summed E-state index contributed by atoms with van der Waals surface area (Å²) < 4.78 is 1.22. The Kier molecular flexibility index (Phi) is 7.16. The van der Waals surface area contributed by atoms with Gasteiger partial charge in [-0.3, -0.25) is 9.59 Å². The van der Waals surface area contributed by atoms with Crippen LogP contribution in [-0.4, -0.2) is 23.0 Å². The van der Waals surface area contributed by atoms with Crippen LogP contribution in [0.2, 0.25) is 0 Å². The van der Waals surface area contributed by atoms with E-state index in [4.69, 9.17) is 5.11 Å². The van der Waals surface area contributed by atoms with Gasteiger partial charge in [-0.05, 0) is 73.3 Å². The Morgan fingerprint density at radius 3 is 2.79 bits per heavy atom. The van der Waals surface area contributed by atoms with Crippen molar-refractivity contribution in [2.24, 2.45) is 17.8 Å². The summed E-state index contributed by atoms with van der Waals surface area (Å²) in [6.07, 6.45) is 11.6. The van der Waals surface area contributed by atoms with Gasteiger partial charge in [-0.25, -0.2) is 0 Å². The van der Waals surface area contributed by atoms with Gasteiger partial charge in [-0.15, -0.1) is 22.7 Å². The third-order valence-electron chi connectivity index (χ3n) is 7.59. The smallest absolute Gasteiger partial charge is 0.303 e. The summed E-state index contributed by atoms with van der Waals surface area (Å²) in [4.78, 5) is 25.4. The standard InChI is InChI=1S/C28H31NO3S2/c30-25(31)11-4-2-1-3-9-22-18-12-13-19(15-18)26(22)29-28(32)24-17-34-27-20(7-5-10-23(24)27)16-21-8-6-14-33-21/h1,3,5-8,10,14,17-19,22,26H,2,4,9,11-13,15-16H2,(H,29,32)(H,30,31)/b3-1+. The molecule has 2 fully saturated rings. The minimum Gasteiger partial charge on any atom is -0.481 e. The van der Waals surface area contributed by atoms with Crippen molar-refractivity contribution in [3.8, 4) is 0 Å². The first-order chi connectivity index (χ1) is 16.6. The second-order valence-electron chi connectivity index (χ2n) is 9.69. The molecule has 4 nitrogen and oxygen atoms in total. The highest BCUT2D eigenvalue weighted by Crippen LogP contribution is 2.50. The Balaban J connectivity index is 1.26. The predicted octanol–water partition coefficient (Wildman–Crippen LogP) is 6.90. The van der Waals surface area contributed by atoms with Crippen LogP contribution in [0.5, 0.6) is 0 Å². The molecule has 2 aliphatic rings. The SMILES string of the molecule is O=C(O)CCC/C=C/CC1C2CCC(C2)C1NC(=O)c1csc2c(Cc3cccs3)cccc12. The van der Waals surface area contributed by atoms with Crippen LogP contribution >= 0.6 is 22.7 Å². The number of carbonyl (C=O) groups excluding carboxylic acids is 1. The lowest BCUT2D eigenvalue weighted by molar-refractivity contribution is -0.137. The number of aliphatic carboxylic acids is 1. The number of hydrogen-bond acceptors (Lipinski definition) is 4. The number of amides is 1. The van der Waals surface area contributed by atoms with E-state index >= 15 is 0 Å². The van der Waals surface area contributed by atoms with Crippen LogP contribution in [0, 0.1) is 17.8 Å². The maximum Gasteiger partial charge on any atom is 0.303 e. The van der Waals surface area contributed by atoms with Gasteiger partial charge < -0.3 is 10.4 Å². The number of hydrogen-bond donors (Lipinski definition) is 2. The Morgan fingerprint density at radius 2 is 1.97 bits per heavy atom. The van der Waals surface area contributed by atoms with Crippen LogP contribution in [0.15, 0.2) is 53.2 Å². The molecule has 2 N–H and O–H groups in total. The molecule has 178 valence electrons. The van der Waals surface area contributed by atoms with E-state index in [1.165, 1.54) is 34.4 Å². The summed E-state index contributed by atoms with van der Waals surface area (Å²) in [5.41, 5.74) is 2.09. The second kappa shape index (κ2) is 10.4. The zero-order chi connectivity index (χ0) is 23.5. The number of carboxylic acids is 1. The maximum atomic E-state index is 13.4. The van der Waals surface area contributed by atoms with Crippen LogP contribution < -0.4 is 5.32 Å². The van der Waals surface area contributed by atoms with E-state index < -0.39 is 5.97 Å². The van der Waals surface area contributed by atoms with Crippen molar-refractivity contribution in [2.75, 3.05) is 0 Å². The normalized spacial score (nSPS) is 23.8. The molecule has 4 unspecified atom stereocenters. The van der Waals surface area contributed by atoms with E-state index in [2.05, 4.69) is 53.2 Å². The van der Waals surface area contributed by atoms with Gasteiger partial charge in [0.15, 0.2) is 0 Å². The minimum atomic E-state index is -0.733. The van der Waals surface area contributed by atoms with Gasteiger partial charge in [-0.1, -0.05) is 36.4 Å². The molecule has 2 bridgehead atoms. The largest absolute Gasteiger partial charge is 0.481 e.